The van der Waals surface area contributed by atoms with E-state index in [0.717, 1.165) is 0 Å². The Balaban J connectivity index is 2.36. The Labute approximate surface area is 76.7 Å². The van der Waals surface area contributed by atoms with Crippen LogP contribution in [-0.2, 0) is 4.79 Å². The summed E-state index contributed by atoms with van der Waals surface area (Å²) in [4.78, 5) is 11.3. The lowest BCUT2D eigenvalue weighted by molar-refractivity contribution is -0.126. The van der Waals surface area contributed by atoms with Crippen molar-refractivity contribution in [3.8, 4) is 0 Å². The maximum absolute atomic E-state index is 12.7. The molecule has 0 radical (unpaired) electrons. The number of halogens is 2. The standard InChI is InChI=1S/C9H15F2NO/c1-12-6-8(13)7-2-4-9(10,11)5-3-7/h7,12H,2-6H2,1H3. The highest BCUT2D eigenvalue weighted by Gasteiger charge is 2.36. The largest absolute Gasteiger partial charge is 0.313 e. The third kappa shape index (κ3) is 3.03. The van der Waals surface area contributed by atoms with Gasteiger partial charge >= 0.3 is 0 Å². The summed E-state index contributed by atoms with van der Waals surface area (Å²) >= 11 is 0. The monoisotopic (exact) mass is 191 g/mol. The van der Waals surface area contributed by atoms with E-state index in [1.807, 2.05) is 0 Å². The number of hydrogen-bond acceptors (Lipinski definition) is 2. The highest BCUT2D eigenvalue weighted by atomic mass is 19.3. The molecule has 1 saturated carbocycles. The van der Waals surface area contributed by atoms with Gasteiger partial charge < -0.3 is 5.32 Å². The molecule has 0 aromatic heterocycles. The molecule has 0 unspecified atom stereocenters. The zero-order valence-corrected chi connectivity index (χ0v) is 7.78. The second-order valence-corrected chi connectivity index (χ2v) is 3.63. The lowest BCUT2D eigenvalue weighted by Gasteiger charge is -2.27. The molecule has 0 aromatic rings. The Morgan fingerprint density at radius 3 is 2.46 bits per heavy atom. The maximum Gasteiger partial charge on any atom is 0.248 e. The summed E-state index contributed by atoms with van der Waals surface area (Å²) in [5, 5.41) is 2.75. The van der Waals surface area contributed by atoms with E-state index in [-0.39, 0.29) is 24.5 Å². The van der Waals surface area contributed by atoms with Gasteiger partial charge in [-0.05, 0) is 19.9 Å². The van der Waals surface area contributed by atoms with Crippen molar-refractivity contribution in [2.24, 2.45) is 5.92 Å². The molecule has 0 saturated heterocycles. The first-order chi connectivity index (χ1) is 6.05. The average Bonchev–Trinajstić information content (AvgIpc) is 2.04. The number of ketones is 1. The summed E-state index contributed by atoms with van der Waals surface area (Å²) < 4.78 is 25.4. The highest BCUT2D eigenvalue weighted by Crippen LogP contribution is 2.36. The second kappa shape index (κ2) is 4.13. The normalized spacial score (nSPS) is 23.0. The number of alkyl halides is 2. The summed E-state index contributed by atoms with van der Waals surface area (Å²) in [5.41, 5.74) is 0. The molecule has 0 aliphatic heterocycles. The Hall–Kier alpha value is -0.510. The van der Waals surface area contributed by atoms with E-state index >= 15 is 0 Å². The smallest absolute Gasteiger partial charge is 0.248 e. The molecule has 0 amide bonds. The van der Waals surface area contributed by atoms with Gasteiger partial charge in [-0.15, -0.1) is 0 Å². The minimum absolute atomic E-state index is 0.0676. The van der Waals surface area contributed by atoms with E-state index in [4.69, 9.17) is 0 Å². The summed E-state index contributed by atoms with van der Waals surface area (Å²) in [5.74, 6) is -2.61. The first-order valence-corrected chi connectivity index (χ1v) is 4.60. The van der Waals surface area contributed by atoms with Crippen molar-refractivity contribution in [3.05, 3.63) is 0 Å². The van der Waals surface area contributed by atoms with E-state index in [9.17, 15) is 13.6 Å². The minimum atomic E-state index is -2.53. The van der Waals surface area contributed by atoms with E-state index in [2.05, 4.69) is 5.32 Å². The molecule has 1 aliphatic carbocycles. The number of rotatable bonds is 3. The third-order valence-electron chi connectivity index (χ3n) is 2.52. The van der Waals surface area contributed by atoms with Crippen LogP contribution >= 0.6 is 0 Å². The molecule has 0 heterocycles. The van der Waals surface area contributed by atoms with Gasteiger partial charge in [0.05, 0.1) is 6.54 Å². The SMILES string of the molecule is CNCC(=O)C1CCC(F)(F)CC1. The van der Waals surface area contributed by atoms with Gasteiger partial charge in [0.25, 0.3) is 0 Å². The van der Waals surface area contributed by atoms with Crippen LogP contribution in [0.5, 0.6) is 0 Å². The zero-order valence-electron chi connectivity index (χ0n) is 7.78. The number of Topliss-reactive ketones (excluding diaryl/α,β-unsaturated/α-hetero) is 1. The topological polar surface area (TPSA) is 29.1 Å². The maximum atomic E-state index is 12.7. The molecule has 1 rings (SSSR count). The predicted octanol–water partition coefficient (Wildman–Crippen LogP) is 1.60. The Morgan fingerprint density at radius 1 is 1.46 bits per heavy atom. The van der Waals surface area contributed by atoms with Crippen molar-refractivity contribution < 1.29 is 13.6 Å². The van der Waals surface area contributed by atoms with Crippen molar-refractivity contribution in [1.29, 1.82) is 0 Å². The van der Waals surface area contributed by atoms with Gasteiger partial charge in [-0.3, -0.25) is 4.79 Å². The van der Waals surface area contributed by atoms with Crippen LogP contribution in [0.2, 0.25) is 0 Å². The molecule has 1 fully saturated rings. The summed E-state index contributed by atoms with van der Waals surface area (Å²) in [7, 11) is 1.69. The van der Waals surface area contributed by atoms with Gasteiger partial charge in [-0.25, -0.2) is 8.78 Å². The molecule has 0 aromatic carbocycles. The highest BCUT2D eigenvalue weighted by molar-refractivity contribution is 5.83. The fourth-order valence-electron chi connectivity index (χ4n) is 1.68. The van der Waals surface area contributed by atoms with Crippen molar-refractivity contribution in [3.63, 3.8) is 0 Å². The van der Waals surface area contributed by atoms with E-state index in [1.54, 1.807) is 7.05 Å². The van der Waals surface area contributed by atoms with Crippen LogP contribution in [-0.4, -0.2) is 25.3 Å². The number of carbonyl (C=O) groups excluding carboxylic acids is 1. The minimum Gasteiger partial charge on any atom is -0.313 e. The van der Waals surface area contributed by atoms with Gasteiger partial charge in [-0.1, -0.05) is 0 Å². The first-order valence-electron chi connectivity index (χ1n) is 4.60. The number of hydrogen-bond donors (Lipinski definition) is 1. The van der Waals surface area contributed by atoms with Gasteiger partial charge in [0, 0.05) is 18.8 Å². The van der Waals surface area contributed by atoms with Crippen LogP contribution in [0, 0.1) is 5.92 Å². The lowest BCUT2D eigenvalue weighted by Crippen LogP contribution is -2.32. The van der Waals surface area contributed by atoms with Crippen LogP contribution in [0.15, 0.2) is 0 Å². The van der Waals surface area contributed by atoms with Crippen molar-refractivity contribution in [1.82, 2.24) is 5.32 Å². The number of nitrogens with one attached hydrogen (secondary N) is 1. The molecule has 4 heteroatoms. The van der Waals surface area contributed by atoms with Gasteiger partial charge in [0.2, 0.25) is 5.92 Å². The molecule has 0 bridgehead atoms. The lowest BCUT2D eigenvalue weighted by atomic mass is 9.84. The van der Waals surface area contributed by atoms with Crippen LogP contribution < -0.4 is 5.32 Å². The van der Waals surface area contributed by atoms with Crippen molar-refractivity contribution in [2.75, 3.05) is 13.6 Å². The molecule has 0 atom stereocenters. The Bertz CT molecular complexity index is 184. The first kappa shape index (κ1) is 10.6. The molecule has 2 nitrogen and oxygen atoms in total. The average molecular weight is 191 g/mol. The molecule has 1 N–H and O–H groups in total. The van der Waals surface area contributed by atoms with Crippen LogP contribution in [0.4, 0.5) is 8.78 Å². The summed E-state index contributed by atoms with van der Waals surface area (Å²) in [6, 6.07) is 0. The van der Waals surface area contributed by atoms with Crippen LogP contribution in [0.25, 0.3) is 0 Å². The zero-order chi connectivity index (χ0) is 9.90. The van der Waals surface area contributed by atoms with E-state index in [0.29, 0.717) is 19.4 Å². The van der Waals surface area contributed by atoms with Gasteiger partial charge in [-0.2, -0.15) is 0 Å². The number of carbonyl (C=O) groups is 1. The van der Waals surface area contributed by atoms with E-state index < -0.39 is 5.92 Å². The molecule has 1 aliphatic rings. The third-order valence-corrected chi connectivity index (χ3v) is 2.52. The second-order valence-electron chi connectivity index (χ2n) is 3.63. The summed E-state index contributed by atoms with van der Waals surface area (Å²) in [6.07, 6.45) is 0.418. The summed E-state index contributed by atoms with van der Waals surface area (Å²) in [6.45, 7) is 0.302. The molecule has 13 heavy (non-hydrogen) atoms. The Kier molecular flexibility index (Phi) is 3.36. The Morgan fingerprint density at radius 2 is 2.00 bits per heavy atom. The van der Waals surface area contributed by atoms with Crippen LogP contribution in [0.3, 0.4) is 0 Å². The fraction of sp³-hybridized carbons (Fsp3) is 0.889. The van der Waals surface area contributed by atoms with Gasteiger partial charge in [0.15, 0.2) is 0 Å². The number of likely N-dealkylation sites (N-methyl/N-ethyl adjacent to an activating group) is 1. The fourth-order valence-corrected chi connectivity index (χ4v) is 1.68. The molecular weight excluding hydrogens is 176 g/mol. The molecule has 0 spiro atoms. The molecule has 76 valence electrons. The van der Waals surface area contributed by atoms with Crippen LogP contribution in [0.1, 0.15) is 25.7 Å². The predicted molar refractivity (Wildman–Crippen MR) is 45.8 cm³/mol. The quantitative estimate of drug-likeness (QED) is 0.734. The van der Waals surface area contributed by atoms with Gasteiger partial charge in [0.1, 0.15) is 5.78 Å². The van der Waals surface area contributed by atoms with Crippen molar-refractivity contribution in [2.45, 2.75) is 31.6 Å². The van der Waals surface area contributed by atoms with Crippen molar-refractivity contribution >= 4 is 5.78 Å². The molecular formula is C9H15F2NO. The van der Waals surface area contributed by atoms with E-state index in [1.165, 1.54) is 0 Å².